The van der Waals surface area contributed by atoms with Crippen molar-refractivity contribution in [3.63, 3.8) is 0 Å². The minimum atomic E-state index is -0.697. The Kier molecular flexibility index (Phi) is 10.1. The van der Waals surface area contributed by atoms with Crippen LogP contribution in [0.2, 0.25) is 5.02 Å². The monoisotopic (exact) mass is 632 g/mol. The maximum Gasteiger partial charge on any atom is 0.344 e. The number of fused-ring (bicyclic) bond motifs is 1. The third-order valence-electron chi connectivity index (χ3n) is 8.31. The largest absolute Gasteiger partial charge is 0.482 e. The van der Waals surface area contributed by atoms with Crippen molar-refractivity contribution in [1.29, 1.82) is 0 Å². The number of rotatable bonds is 9. The zero-order valence-electron chi connectivity index (χ0n) is 26.0. The summed E-state index contributed by atoms with van der Waals surface area (Å²) in [6.07, 6.45) is 2.94. The fraction of sp³-hybridized carbons (Fsp3) is 0.417. The van der Waals surface area contributed by atoms with Crippen LogP contribution < -0.4 is 10.1 Å². The van der Waals surface area contributed by atoms with Gasteiger partial charge in [0.05, 0.1) is 24.1 Å². The summed E-state index contributed by atoms with van der Waals surface area (Å²) in [4.78, 5) is 42.1. The Morgan fingerprint density at radius 3 is 2.47 bits per heavy atom. The van der Waals surface area contributed by atoms with E-state index in [2.05, 4.69) is 5.32 Å². The molecule has 1 aliphatic carbocycles. The first-order chi connectivity index (χ1) is 21.5. The first-order valence-electron chi connectivity index (χ1n) is 15.6. The Bertz CT molecular complexity index is 1520. The fourth-order valence-electron chi connectivity index (χ4n) is 6.37. The number of nitrogens with zero attached hydrogens (tertiary/aromatic N) is 1. The molecule has 9 heteroatoms. The normalized spacial score (nSPS) is 21.5. The van der Waals surface area contributed by atoms with Crippen molar-refractivity contribution in [2.75, 3.05) is 13.2 Å². The van der Waals surface area contributed by atoms with Crippen LogP contribution in [0.15, 0.2) is 72.8 Å². The van der Waals surface area contributed by atoms with Crippen molar-refractivity contribution in [3.8, 4) is 5.75 Å². The number of nitrogens with one attached hydrogen (secondary N) is 1. The minimum Gasteiger partial charge on any atom is -0.482 e. The van der Waals surface area contributed by atoms with Crippen LogP contribution in [0.4, 0.5) is 0 Å². The number of ether oxygens (including phenoxy) is 2. The van der Waals surface area contributed by atoms with Gasteiger partial charge in [-0.2, -0.15) is 0 Å². The number of hydrogen-bond acceptors (Lipinski definition) is 6. The fourth-order valence-corrected chi connectivity index (χ4v) is 6.50. The van der Waals surface area contributed by atoms with Gasteiger partial charge in [0.2, 0.25) is 5.91 Å². The predicted octanol–water partition coefficient (Wildman–Crippen LogP) is 6.00. The molecule has 238 valence electrons. The van der Waals surface area contributed by atoms with Crippen LogP contribution in [0.5, 0.6) is 5.75 Å². The molecule has 1 aliphatic heterocycles. The number of hydrogen-bond donors (Lipinski definition) is 2. The van der Waals surface area contributed by atoms with E-state index < -0.39 is 35.7 Å². The number of aliphatic hydroxyl groups is 1. The van der Waals surface area contributed by atoms with E-state index in [-0.39, 0.29) is 18.4 Å². The lowest BCUT2D eigenvalue weighted by molar-refractivity contribution is -0.157. The van der Waals surface area contributed by atoms with Crippen molar-refractivity contribution >= 4 is 29.4 Å². The van der Waals surface area contributed by atoms with E-state index >= 15 is 0 Å². The Hall–Kier alpha value is -3.88. The molecule has 2 amide bonds. The van der Waals surface area contributed by atoms with E-state index in [1.807, 2.05) is 48.5 Å². The second kappa shape index (κ2) is 14.0. The van der Waals surface area contributed by atoms with Gasteiger partial charge in [-0.25, -0.2) is 4.79 Å². The van der Waals surface area contributed by atoms with E-state index in [4.69, 9.17) is 21.1 Å². The summed E-state index contributed by atoms with van der Waals surface area (Å²) in [5, 5.41) is 14.8. The molecule has 45 heavy (non-hydrogen) atoms. The van der Waals surface area contributed by atoms with Crippen LogP contribution in [0, 0.1) is 0 Å². The molecule has 1 saturated carbocycles. The minimum absolute atomic E-state index is 0.177. The molecule has 8 nitrogen and oxygen atoms in total. The van der Waals surface area contributed by atoms with Gasteiger partial charge in [-0.05, 0) is 87.1 Å². The number of amides is 2. The maximum atomic E-state index is 14.2. The third-order valence-corrected chi connectivity index (χ3v) is 8.56. The first kappa shape index (κ1) is 32.5. The lowest BCUT2D eigenvalue weighted by Gasteiger charge is -2.48. The number of esters is 1. The van der Waals surface area contributed by atoms with Gasteiger partial charge in [0.1, 0.15) is 11.4 Å². The van der Waals surface area contributed by atoms with E-state index in [0.29, 0.717) is 47.7 Å². The molecule has 0 radical (unpaired) electrons. The Morgan fingerprint density at radius 1 is 1.00 bits per heavy atom. The van der Waals surface area contributed by atoms with Crippen LogP contribution in [-0.2, 0) is 20.7 Å². The molecule has 0 aromatic heterocycles. The number of carbonyl (C=O) groups excluding carboxylic acids is 3. The van der Waals surface area contributed by atoms with Gasteiger partial charge in [-0.15, -0.1) is 0 Å². The van der Waals surface area contributed by atoms with Crippen molar-refractivity contribution < 1.29 is 29.0 Å². The molecule has 2 N–H and O–H groups in total. The second-order valence-corrected chi connectivity index (χ2v) is 13.2. The highest BCUT2D eigenvalue weighted by atomic mass is 35.5. The van der Waals surface area contributed by atoms with Crippen LogP contribution in [0.3, 0.4) is 0 Å². The summed E-state index contributed by atoms with van der Waals surface area (Å²) in [6, 6.07) is 20.9. The summed E-state index contributed by atoms with van der Waals surface area (Å²) < 4.78 is 11.0. The highest BCUT2D eigenvalue weighted by Gasteiger charge is 2.48. The molecule has 1 heterocycles. The molecule has 0 unspecified atom stereocenters. The number of aliphatic hydroxyl groups excluding tert-OH is 1. The third kappa shape index (κ3) is 7.86. The molecule has 4 atom stereocenters. The average molecular weight is 633 g/mol. The molecule has 3 aromatic rings. The molecule has 1 fully saturated rings. The summed E-state index contributed by atoms with van der Waals surface area (Å²) >= 11 is 6.23. The molecule has 3 aromatic carbocycles. The predicted molar refractivity (Wildman–Crippen MR) is 172 cm³/mol. The van der Waals surface area contributed by atoms with E-state index in [0.717, 1.165) is 24.0 Å². The van der Waals surface area contributed by atoms with Crippen molar-refractivity contribution in [3.05, 3.63) is 100 Å². The quantitative estimate of drug-likeness (QED) is 0.280. The van der Waals surface area contributed by atoms with Crippen LogP contribution in [0.25, 0.3) is 0 Å². The molecule has 2 aliphatic rings. The zero-order valence-corrected chi connectivity index (χ0v) is 26.8. The molecular formula is C36H41ClN2O6. The highest BCUT2D eigenvalue weighted by Crippen LogP contribution is 2.46. The lowest BCUT2D eigenvalue weighted by Crippen LogP contribution is -2.55. The molecular weight excluding hydrogens is 592 g/mol. The van der Waals surface area contributed by atoms with Gasteiger partial charge in [-0.3, -0.25) is 9.59 Å². The summed E-state index contributed by atoms with van der Waals surface area (Å²) in [5.41, 5.74) is 2.27. The first-order valence-corrected chi connectivity index (χ1v) is 16.0. The van der Waals surface area contributed by atoms with Crippen molar-refractivity contribution in [1.82, 2.24) is 10.2 Å². The van der Waals surface area contributed by atoms with Crippen LogP contribution >= 0.6 is 11.6 Å². The Labute approximate surface area is 269 Å². The topological polar surface area (TPSA) is 105 Å². The van der Waals surface area contributed by atoms with E-state index in [9.17, 15) is 19.5 Å². The summed E-state index contributed by atoms with van der Waals surface area (Å²) in [6.45, 7) is 5.56. The van der Waals surface area contributed by atoms with Gasteiger partial charge in [0.25, 0.3) is 5.91 Å². The smallest absolute Gasteiger partial charge is 0.344 e. The van der Waals surface area contributed by atoms with Gasteiger partial charge in [-0.1, -0.05) is 66.9 Å². The standard InChI is InChI=1S/C36H41ClN2O6/c1-36(2,3)45-31(41)22-44-26-10-8-9-23(21-26)19-20-38-34(42)32-27-11-4-5-12-28(27)35(43)39(29-13-6-7-14-30(29)40)33(32)24-15-17-25(37)18-16-24/h4-5,8-12,15-18,21,29-30,32-33,40H,6-7,13-14,19-20,22H2,1-3H3,(H,38,42)/t29-,30-,32+,33-/m0/s1. The molecule has 5 rings (SSSR count). The van der Waals surface area contributed by atoms with Crippen molar-refractivity contribution in [2.45, 2.75) is 82.6 Å². The highest BCUT2D eigenvalue weighted by molar-refractivity contribution is 6.30. The van der Waals surface area contributed by atoms with E-state index in [1.165, 1.54) is 0 Å². The Morgan fingerprint density at radius 2 is 1.73 bits per heavy atom. The SMILES string of the molecule is CC(C)(C)OC(=O)COc1cccc(CCNC(=O)[C@@H]2c3ccccc3C(=O)N([C@H]3CCCC[C@@H]3O)[C@H]2c2ccc(Cl)cc2)c1. The van der Waals surface area contributed by atoms with Crippen LogP contribution in [0.1, 0.15) is 85.5 Å². The number of carbonyl (C=O) groups is 3. The van der Waals surface area contributed by atoms with Gasteiger partial charge < -0.3 is 24.8 Å². The molecule has 0 bridgehead atoms. The lowest BCUT2D eigenvalue weighted by atomic mass is 9.76. The van der Waals surface area contributed by atoms with Crippen LogP contribution in [-0.4, -0.2) is 58.7 Å². The number of benzene rings is 3. The summed E-state index contributed by atoms with van der Waals surface area (Å²) in [5.74, 6) is -0.991. The van der Waals surface area contributed by atoms with Crippen molar-refractivity contribution in [2.24, 2.45) is 0 Å². The van der Waals surface area contributed by atoms with Gasteiger partial charge in [0, 0.05) is 17.1 Å². The zero-order chi connectivity index (χ0) is 32.1. The average Bonchev–Trinajstić information content (AvgIpc) is 3.00. The van der Waals surface area contributed by atoms with Gasteiger partial charge >= 0.3 is 5.97 Å². The van der Waals surface area contributed by atoms with E-state index in [1.54, 1.807) is 49.9 Å². The second-order valence-electron chi connectivity index (χ2n) is 12.8. The summed E-state index contributed by atoms with van der Waals surface area (Å²) in [7, 11) is 0. The Balaban J connectivity index is 1.36. The molecule has 0 saturated heterocycles. The van der Waals surface area contributed by atoms with Gasteiger partial charge in [0.15, 0.2) is 6.61 Å². The number of halogens is 1. The molecule has 0 spiro atoms. The maximum absolute atomic E-state index is 14.2.